The maximum atomic E-state index is 13.9. The molecular formula is C20H19FN4O2S. The highest BCUT2D eigenvalue weighted by Crippen LogP contribution is 2.26. The Kier molecular flexibility index (Phi) is 5.21. The number of nitrogens with zero attached hydrogens (tertiary/aromatic N) is 4. The molecule has 3 heterocycles. The standard InChI is InChI=1S/C20H19FN4O2S/c1-14-4-5-15(21)16(11-14)27-19-12-18(22-13-23-19)24-6-8-25(9-7-24)20(26)17-3-2-10-28-17/h2-5,10-13H,6-9H2,1H3. The van der Waals surface area contributed by atoms with Crippen molar-refractivity contribution in [1.29, 1.82) is 0 Å². The summed E-state index contributed by atoms with van der Waals surface area (Å²) < 4.78 is 19.5. The van der Waals surface area contributed by atoms with Gasteiger partial charge in [-0.1, -0.05) is 12.1 Å². The zero-order chi connectivity index (χ0) is 19.5. The van der Waals surface area contributed by atoms with Crippen LogP contribution in [0.25, 0.3) is 0 Å². The third-order valence-electron chi connectivity index (χ3n) is 4.55. The van der Waals surface area contributed by atoms with Gasteiger partial charge in [0, 0.05) is 32.2 Å². The van der Waals surface area contributed by atoms with Crippen molar-refractivity contribution in [3.05, 3.63) is 64.4 Å². The molecule has 0 unspecified atom stereocenters. The predicted octanol–water partition coefficient (Wildman–Crippen LogP) is 3.74. The van der Waals surface area contributed by atoms with Gasteiger partial charge >= 0.3 is 0 Å². The number of amides is 1. The van der Waals surface area contributed by atoms with Crippen LogP contribution in [0, 0.1) is 12.7 Å². The quantitative estimate of drug-likeness (QED) is 0.670. The molecule has 4 rings (SSSR count). The molecule has 3 aromatic rings. The molecule has 0 saturated carbocycles. The van der Waals surface area contributed by atoms with Gasteiger partial charge in [0.15, 0.2) is 11.6 Å². The molecule has 2 aromatic heterocycles. The van der Waals surface area contributed by atoms with E-state index in [2.05, 4.69) is 14.9 Å². The van der Waals surface area contributed by atoms with Crippen LogP contribution < -0.4 is 9.64 Å². The van der Waals surface area contributed by atoms with E-state index < -0.39 is 5.82 Å². The molecule has 6 nitrogen and oxygen atoms in total. The lowest BCUT2D eigenvalue weighted by molar-refractivity contribution is 0.0751. The second kappa shape index (κ2) is 7.93. The Morgan fingerprint density at radius 3 is 2.71 bits per heavy atom. The molecule has 1 aliphatic heterocycles. The van der Waals surface area contributed by atoms with Crippen LogP contribution in [0.5, 0.6) is 11.6 Å². The number of hydrogen-bond donors (Lipinski definition) is 0. The molecule has 144 valence electrons. The molecule has 0 bridgehead atoms. The van der Waals surface area contributed by atoms with Crippen LogP contribution in [0.1, 0.15) is 15.2 Å². The third kappa shape index (κ3) is 3.96. The van der Waals surface area contributed by atoms with Gasteiger partial charge in [-0.05, 0) is 36.1 Å². The fourth-order valence-corrected chi connectivity index (χ4v) is 3.75. The van der Waals surface area contributed by atoms with Crippen molar-refractivity contribution in [2.75, 3.05) is 31.1 Å². The number of thiophene rings is 1. The minimum atomic E-state index is -0.438. The number of rotatable bonds is 4. The third-order valence-corrected chi connectivity index (χ3v) is 5.41. The van der Waals surface area contributed by atoms with Crippen molar-refractivity contribution >= 4 is 23.1 Å². The van der Waals surface area contributed by atoms with Crippen molar-refractivity contribution in [2.24, 2.45) is 0 Å². The van der Waals surface area contributed by atoms with E-state index in [1.54, 1.807) is 18.2 Å². The Morgan fingerprint density at radius 1 is 1.14 bits per heavy atom. The molecule has 1 aliphatic rings. The monoisotopic (exact) mass is 398 g/mol. The average Bonchev–Trinajstić information content (AvgIpc) is 3.25. The summed E-state index contributed by atoms with van der Waals surface area (Å²) in [6, 6.07) is 10.1. The van der Waals surface area contributed by atoms with Gasteiger partial charge in [-0.2, -0.15) is 0 Å². The second-order valence-electron chi connectivity index (χ2n) is 6.51. The van der Waals surface area contributed by atoms with Crippen LogP contribution >= 0.6 is 11.3 Å². The Morgan fingerprint density at radius 2 is 1.96 bits per heavy atom. The highest BCUT2D eigenvalue weighted by Gasteiger charge is 2.23. The van der Waals surface area contributed by atoms with E-state index in [0.29, 0.717) is 32.0 Å². The topological polar surface area (TPSA) is 58.6 Å². The zero-order valence-electron chi connectivity index (χ0n) is 15.3. The number of aromatic nitrogens is 2. The summed E-state index contributed by atoms with van der Waals surface area (Å²) in [5.74, 6) is 0.742. The molecule has 1 amide bonds. The number of anilines is 1. The summed E-state index contributed by atoms with van der Waals surface area (Å²) in [5.41, 5.74) is 0.900. The lowest BCUT2D eigenvalue weighted by Crippen LogP contribution is -2.48. The van der Waals surface area contributed by atoms with Gasteiger partial charge in [0.05, 0.1) is 4.88 Å². The van der Waals surface area contributed by atoms with E-state index in [4.69, 9.17) is 4.74 Å². The lowest BCUT2D eigenvalue weighted by Gasteiger charge is -2.35. The van der Waals surface area contributed by atoms with Gasteiger partial charge in [0.1, 0.15) is 12.1 Å². The summed E-state index contributed by atoms with van der Waals surface area (Å²) >= 11 is 1.45. The molecule has 1 fully saturated rings. The van der Waals surface area contributed by atoms with E-state index in [0.717, 1.165) is 10.4 Å². The number of benzene rings is 1. The Hall–Kier alpha value is -3.00. The minimum Gasteiger partial charge on any atom is -0.436 e. The molecular weight excluding hydrogens is 379 g/mol. The predicted molar refractivity (Wildman–Crippen MR) is 106 cm³/mol. The van der Waals surface area contributed by atoms with E-state index >= 15 is 0 Å². The largest absolute Gasteiger partial charge is 0.436 e. The Balaban J connectivity index is 1.42. The van der Waals surface area contributed by atoms with Gasteiger partial charge in [-0.25, -0.2) is 14.4 Å². The highest BCUT2D eigenvalue weighted by molar-refractivity contribution is 7.12. The van der Waals surface area contributed by atoms with E-state index in [-0.39, 0.29) is 17.5 Å². The number of carbonyl (C=O) groups is 1. The van der Waals surface area contributed by atoms with Gasteiger partial charge in [0.25, 0.3) is 5.91 Å². The first-order valence-electron chi connectivity index (χ1n) is 8.94. The molecule has 0 atom stereocenters. The van der Waals surface area contributed by atoms with Crippen LogP contribution in [-0.2, 0) is 0 Å². The first-order chi connectivity index (χ1) is 13.6. The maximum Gasteiger partial charge on any atom is 0.264 e. The van der Waals surface area contributed by atoms with Gasteiger partial charge in [0.2, 0.25) is 5.88 Å². The van der Waals surface area contributed by atoms with Crippen molar-refractivity contribution in [1.82, 2.24) is 14.9 Å². The fourth-order valence-electron chi connectivity index (χ4n) is 3.05. The fraction of sp³-hybridized carbons (Fsp3) is 0.250. The Bertz CT molecular complexity index is 972. The second-order valence-corrected chi connectivity index (χ2v) is 7.45. The van der Waals surface area contributed by atoms with Crippen molar-refractivity contribution in [2.45, 2.75) is 6.92 Å². The van der Waals surface area contributed by atoms with Crippen LogP contribution in [0.3, 0.4) is 0 Å². The molecule has 0 aliphatic carbocycles. The zero-order valence-corrected chi connectivity index (χ0v) is 16.2. The normalized spacial score (nSPS) is 14.2. The van der Waals surface area contributed by atoms with E-state index in [9.17, 15) is 9.18 Å². The van der Waals surface area contributed by atoms with Gasteiger partial charge in [-0.15, -0.1) is 11.3 Å². The minimum absolute atomic E-state index is 0.0660. The smallest absolute Gasteiger partial charge is 0.264 e. The van der Waals surface area contributed by atoms with Crippen molar-refractivity contribution in [3.8, 4) is 11.6 Å². The molecule has 28 heavy (non-hydrogen) atoms. The summed E-state index contributed by atoms with van der Waals surface area (Å²) in [6.07, 6.45) is 1.40. The molecule has 0 N–H and O–H groups in total. The Labute approximate surface area is 166 Å². The average molecular weight is 398 g/mol. The molecule has 8 heteroatoms. The first-order valence-corrected chi connectivity index (χ1v) is 9.82. The number of carbonyl (C=O) groups excluding carboxylic acids is 1. The molecule has 1 saturated heterocycles. The lowest BCUT2D eigenvalue weighted by atomic mass is 10.2. The number of ether oxygens (including phenoxy) is 1. The van der Waals surface area contributed by atoms with Crippen LogP contribution in [0.15, 0.2) is 48.1 Å². The summed E-state index contributed by atoms with van der Waals surface area (Å²) in [4.78, 5) is 25.5. The van der Waals surface area contributed by atoms with Gasteiger partial charge < -0.3 is 14.5 Å². The summed E-state index contributed by atoms with van der Waals surface area (Å²) in [7, 11) is 0. The maximum absolute atomic E-state index is 13.9. The van der Waals surface area contributed by atoms with Crippen molar-refractivity contribution < 1.29 is 13.9 Å². The van der Waals surface area contributed by atoms with E-state index in [1.165, 1.54) is 23.7 Å². The highest BCUT2D eigenvalue weighted by atomic mass is 32.1. The van der Waals surface area contributed by atoms with Crippen molar-refractivity contribution in [3.63, 3.8) is 0 Å². The summed E-state index contributed by atoms with van der Waals surface area (Å²) in [5, 5.41) is 1.91. The van der Waals surface area contributed by atoms with E-state index in [1.807, 2.05) is 29.3 Å². The number of hydrogen-bond acceptors (Lipinski definition) is 6. The molecule has 0 radical (unpaired) electrons. The molecule has 1 aromatic carbocycles. The number of halogens is 1. The van der Waals surface area contributed by atoms with Gasteiger partial charge in [-0.3, -0.25) is 4.79 Å². The first kappa shape index (κ1) is 18.4. The van der Waals surface area contributed by atoms with Crippen LogP contribution in [0.4, 0.5) is 10.2 Å². The van der Waals surface area contributed by atoms with Crippen LogP contribution in [0.2, 0.25) is 0 Å². The van der Waals surface area contributed by atoms with Crippen LogP contribution in [-0.4, -0.2) is 47.0 Å². The summed E-state index contributed by atoms with van der Waals surface area (Å²) in [6.45, 7) is 4.42. The SMILES string of the molecule is Cc1ccc(F)c(Oc2cc(N3CCN(C(=O)c4cccs4)CC3)ncn2)c1. The molecule has 0 spiro atoms. The number of aryl methyl sites for hydroxylation is 1. The number of piperazine rings is 1.